The summed E-state index contributed by atoms with van der Waals surface area (Å²) in [7, 11) is -1.30. The molecule has 0 aliphatic carbocycles. The van der Waals surface area contributed by atoms with E-state index in [1.54, 1.807) is 0 Å². The molecule has 0 radical (unpaired) electrons. The van der Waals surface area contributed by atoms with Gasteiger partial charge in [-0.15, -0.1) is 0 Å². The molecule has 1 aromatic rings. The Bertz CT molecular complexity index is 452. The Balaban J connectivity index is 2.33. The van der Waals surface area contributed by atoms with Crippen LogP contribution in [0.25, 0.3) is 0 Å². The quantitative estimate of drug-likeness (QED) is 0.154. The maximum absolute atomic E-state index is 6.03. The topological polar surface area (TPSA) is 27.7 Å². The highest BCUT2D eigenvalue weighted by Gasteiger charge is 2.14. The molecule has 4 heteroatoms. The fraction of sp³-hybridized carbons (Fsp3) is 0.760. The number of hydrogen-bond acceptors (Lipinski definition) is 3. The highest BCUT2D eigenvalue weighted by atomic mass is 31.2. The van der Waals surface area contributed by atoms with Crippen LogP contribution in [0.1, 0.15) is 110 Å². The summed E-state index contributed by atoms with van der Waals surface area (Å²) in [6, 6.07) is 8.51. The van der Waals surface area contributed by atoms with Crippen LogP contribution in [0, 0.1) is 0 Å². The Labute approximate surface area is 181 Å². The third-order valence-electron chi connectivity index (χ3n) is 5.06. The predicted molar refractivity (Wildman–Crippen MR) is 127 cm³/mol. The molecule has 0 saturated heterocycles. The molecule has 3 nitrogen and oxygen atoms in total. The summed E-state index contributed by atoms with van der Waals surface area (Å²) in [5.41, 5.74) is 1.39. The Kier molecular flexibility index (Phi) is 17.6. The first-order valence-corrected chi connectivity index (χ1v) is 13.2. The molecule has 0 saturated carbocycles. The number of hydrogen-bond donors (Lipinski definition) is 0. The van der Waals surface area contributed by atoms with Crippen molar-refractivity contribution < 1.29 is 13.6 Å². The van der Waals surface area contributed by atoms with Crippen LogP contribution in [-0.2, 0) is 15.5 Å². The summed E-state index contributed by atoms with van der Waals surface area (Å²) >= 11 is 0. The van der Waals surface area contributed by atoms with Crippen LogP contribution in [0.2, 0.25) is 0 Å². The molecule has 1 aromatic carbocycles. The van der Waals surface area contributed by atoms with Gasteiger partial charge < -0.3 is 13.6 Å². The van der Waals surface area contributed by atoms with Crippen LogP contribution < -0.4 is 4.52 Å². The summed E-state index contributed by atoms with van der Waals surface area (Å²) in [5, 5.41) is 0. The molecular weight excluding hydrogens is 379 g/mol. The molecule has 168 valence electrons. The van der Waals surface area contributed by atoms with Gasteiger partial charge in [-0.2, -0.15) is 0 Å². The Morgan fingerprint density at radius 3 is 1.62 bits per heavy atom. The zero-order valence-corrected chi connectivity index (χ0v) is 20.2. The second-order valence-electron chi connectivity index (χ2n) is 7.91. The van der Waals surface area contributed by atoms with Gasteiger partial charge in [0, 0.05) is 0 Å². The van der Waals surface area contributed by atoms with Crippen LogP contribution >= 0.6 is 8.60 Å². The summed E-state index contributed by atoms with van der Waals surface area (Å²) in [6.07, 6.45) is 17.5. The van der Waals surface area contributed by atoms with Crippen molar-refractivity contribution in [1.29, 1.82) is 0 Å². The van der Waals surface area contributed by atoms with Crippen LogP contribution in [0.15, 0.2) is 24.3 Å². The molecule has 0 bridgehead atoms. The Hall–Kier alpha value is -0.630. The van der Waals surface area contributed by atoms with E-state index in [1.165, 1.54) is 76.2 Å². The van der Waals surface area contributed by atoms with Crippen LogP contribution in [0.3, 0.4) is 0 Å². The van der Waals surface area contributed by atoms with E-state index < -0.39 is 8.60 Å². The van der Waals surface area contributed by atoms with Gasteiger partial charge in [-0.1, -0.05) is 97.1 Å². The van der Waals surface area contributed by atoms with E-state index in [2.05, 4.69) is 45.0 Å². The maximum Gasteiger partial charge on any atom is 0.397 e. The van der Waals surface area contributed by atoms with Crippen molar-refractivity contribution in [3.8, 4) is 5.75 Å². The van der Waals surface area contributed by atoms with Crippen molar-refractivity contribution in [1.82, 2.24) is 0 Å². The number of benzene rings is 1. The van der Waals surface area contributed by atoms with Gasteiger partial charge >= 0.3 is 8.60 Å². The predicted octanol–water partition coefficient (Wildman–Crippen LogP) is 9.00. The molecule has 0 amide bonds. The Morgan fingerprint density at radius 1 is 0.586 bits per heavy atom. The summed E-state index contributed by atoms with van der Waals surface area (Å²) < 4.78 is 17.8. The van der Waals surface area contributed by atoms with E-state index in [9.17, 15) is 0 Å². The average molecular weight is 425 g/mol. The highest BCUT2D eigenvalue weighted by molar-refractivity contribution is 7.42. The van der Waals surface area contributed by atoms with Gasteiger partial charge in [-0.25, -0.2) is 0 Å². The fourth-order valence-corrected chi connectivity index (χ4v) is 4.19. The summed E-state index contributed by atoms with van der Waals surface area (Å²) in [5.74, 6) is 0.852. The first kappa shape index (κ1) is 26.4. The van der Waals surface area contributed by atoms with Crippen LogP contribution in [0.5, 0.6) is 5.75 Å². The normalized spacial score (nSPS) is 11.3. The largest absolute Gasteiger partial charge is 0.427 e. The SMILES string of the molecule is CCCCCCCCCc1ccc(OP(OCCCCC)OCCCCC)cc1. The molecule has 0 aliphatic rings. The van der Waals surface area contributed by atoms with Crippen molar-refractivity contribution in [3.63, 3.8) is 0 Å². The van der Waals surface area contributed by atoms with Crippen LogP contribution in [-0.4, -0.2) is 13.2 Å². The fourth-order valence-electron chi connectivity index (χ4n) is 3.16. The zero-order chi connectivity index (χ0) is 21.0. The molecule has 0 aromatic heterocycles. The zero-order valence-electron chi connectivity index (χ0n) is 19.3. The highest BCUT2D eigenvalue weighted by Crippen LogP contribution is 2.41. The van der Waals surface area contributed by atoms with Crippen molar-refractivity contribution >= 4 is 8.60 Å². The molecular formula is C25H45O3P. The lowest BCUT2D eigenvalue weighted by molar-refractivity contribution is 0.199. The number of unbranched alkanes of at least 4 members (excludes halogenated alkanes) is 10. The van der Waals surface area contributed by atoms with Gasteiger partial charge in [-0.05, 0) is 43.4 Å². The standard InChI is InChI=1S/C25H45O3P/c1-4-7-10-11-12-13-14-17-24-18-20-25(21-19-24)28-29(26-22-15-8-5-2)27-23-16-9-6-3/h18-21H,4-17,22-23H2,1-3H3. The molecule has 0 N–H and O–H groups in total. The molecule has 29 heavy (non-hydrogen) atoms. The lowest BCUT2D eigenvalue weighted by Crippen LogP contribution is -2.01. The van der Waals surface area contributed by atoms with Crippen LogP contribution in [0.4, 0.5) is 0 Å². The second kappa shape index (κ2) is 19.3. The smallest absolute Gasteiger partial charge is 0.397 e. The Morgan fingerprint density at radius 2 is 1.07 bits per heavy atom. The lowest BCUT2D eigenvalue weighted by Gasteiger charge is -2.17. The third-order valence-corrected chi connectivity index (χ3v) is 6.21. The van der Waals surface area contributed by atoms with E-state index in [1.807, 2.05) is 0 Å². The number of rotatable bonds is 20. The molecule has 0 fully saturated rings. The van der Waals surface area contributed by atoms with E-state index in [4.69, 9.17) is 13.6 Å². The first-order valence-electron chi connectivity index (χ1n) is 12.1. The maximum atomic E-state index is 6.03. The van der Waals surface area contributed by atoms with Gasteiger partial charge in [0.2, 0.25) is 0 Å². The monoisotopic (exact) mass is 424 g/mol. The molecule has 1 rings (SSSR count). The van der Waals surface area contributed by atoms with Crippen molar-refractivity contribution in [2.75, 3.05) is 13.2 Å². The minimum Gasteiger partial charge on any atom is -0.427 e. The van der Waals surface area contributed by atoms with Crippen molar-refractivity contribution in [2.24, 2.45) is 0 Å². The van der Waals surface area contributed by atoms with Gasteiger partial charge in [0.25, 0.3) is 0 Å². The minimum absolute atomic E-state index is 0.712. The van der Waals surface area contributed by atoms with E-state index in [0.717, 1.165) is 25.0 Å². The van der Waals surface area contributed by atoms with Crippen molar-refractivity contribution in [3.05, 3.63) is 29.8 Å². The van der Waals surface area contributed by atoms with Gasteiger partial charge in [-0.3, -0.25) is 0 Å². The molecule has 0 heterocycles. The second-order valence-corrected chi connectivity index (χ2v) is 9.06. The van der Waals surface area contributed by atoms with Gasteiger partial charge in [0.1, 0.15) is 5.75 Å². The number of aryl methyl sites for hydroxylation is 1. The van der Waals surface area contributed by atoms with Crippen molar-refractivity contribution in [2.45, 2.75) is 111 Å². The first-order chi connectivity index (χ1) is 14.3. The van der Waals surface area contributed by atoms with E-state index in [-0.39, 0.29) is 0 Å². The molecule has 0 atom stereocenters. The lowest BCUT2D eigenvalue weighted by atomic mass is 10.0. The average Bonchev–Trinajstić information content (AvgIpc) is 2.74. The molecule has 0 aliphatic heterocycles. The summed E-state index contributed by atoms with van der Waals surface area (Å²) in [6.45, 7) is 8.10. The molecule has 0 unspecified atom stereocenters. The van der Waals surface area contributed by atoms with Gasteiger partial charge in [0.05, 0.1) is 13.2 Å². The van der Waals surface area contributed by atoms with E-state index in [0.29, 0.717) is 13.2 Å². The van der Waals surface area contributed by atoms with Gasteiger partial charge in [0.15, 0.2) is 0 Å². The minimum atomic E-state index is -1.30. The van der Waals surface area contributed by atoms with E-state index >= 15 is 0 Å². The molecule has 0 spiro atoms. The third kappa shape index (κ3) is 14.9. The summed E-state index contributed by atoms with van der Waals surface area (Å²) in [4.78, 5) is 0.